The lowest BCUT2D eigenvalue weighted by Crippen LogP contribution is -2.28. The highest BCUT2D eigenvalue weighted by Crippen LogP contribution is 2.38. The Hall–Kier alpha value is -2.60. The molecular weight excluding hydrogens is 382 g/mol. The molecule has 2 aliphatic rings. The van der Waals surface area contributed by atoms with Gasteiger partial charge in [-0.15, -0.1) is 0 Å². The molecule has 28 heavy (non-hydrogen) atoms. The molecule has 4 rings (SSSR count). The van der Waals surface area contributed by atoms with Gasteiger partial charge in [-0.25, -0.2) is 0 Å². The van der Waals surface area contributed by atoms with Crippen LogP contribution in [-0.2, 0) is 11.2 Å². The molecule has 0 aliphatic carbocycles. The van der Waals surface area contributed by atoms with Crippen molar-refractivity contribution in [2.24, 2.45) is 0 Å². The predicted octanol–water partition coefficient (Wildman–Crippen LogP) is 3.69. The van der Waals surface area contributed by atoms with Gasteiger partial charge < -0.3 is 24.3 Å². The normalized spacial score (nSPS) is 16.1. The monoisotopic (exact) mass is 403 g/mol. The molecule has 7 heteroatoms. The number of nitrogens with one attached hydrogen (secondary N) is 1. The molecule has 2 heterocycles. The fraction of sp³-hybridized carbons (Fsp3) is 0.381. The molecule has 6 nitrogen and oxygen atoms in total. The van der Waals surface area contributed by atoms with Crippen LogP contribution in [-0.4, -0.2) is 32.3 Å². The van der Waals surface area contributed by atoms with Gasteiger partial charge in [-0.2, -0.15) is 0 Å². The van der Waals surface area contributed by atoms with E-state index >= 15 is 0 Å². The first kappa shape index (κ1) is 18.7. The smallest absolute Gasteiger partial charge is 0.224 e. The van der Waals surface area contributed by atoms with Crippen molar-refractivity contribution in [2.75, 3.05) is 26.4 Å². The number of hydrogen-bond acceptors (Lipinski definition) is 5. The van der Waals surface area contributed by atoms with Crippen molar-refractivity contribution in [3.8, 4) is 23.0 Å². The maximum atomic E-state index is 12.5. The minimum Gasteiger partial charge on any atom is -0.490 e. The Morgan fingerprint density at radius 3 is 2.61 bits per heavy atom. The van der Waals surface area contributed by atoms with E-state index < -0.39 is 0 Å². The van der Waals surface area contributed by atoms with Crippen LogP contribution in [0.5, 0.6) is 23.0 Å². The van der Waals surface area contributed by atoms with E-state index in [0.717, 1.165) is 29.0 Å². The molecule has 1 amide bonds. The number of ether oxygens (including phenoxy) is 4. The van der Waals surface area contributed by atoms with E-state index in [2.05, 4.69) is 5.32 Å². The lowest BCUT2D eigenvalue weighted by Gasteiger charge is -2.20. The zero-order chi connectivity index (χ0) is 19.5. The first-order valence-corrected chi connectivity index (χ1v) is 9.75. The Kier molecular flexibility index (Phi) is 5.48. The molecule has 2 aromatic rings. The number of benzene rings is 2. The summed E-state index contributed by atoms with van der Waals surface area (Å²) < 4.78 is 22.5. The third-order valence-corrected chi connectivity index (χ3v) is 4.95. The van der Waals surface area contributed by atoms with E-state index in [-0.39, 0.29) is 18.4 Å². The number of rotatable bonds is 4. The number of halogens is 1. The minimum absolute atomic E-state index is 0.104. The molecule has 0 fully saturated rings. The van der Waals surface area contributed by atoms with Gasteiger partial charge in [0, 0.05) is 6.42 Å². The van der Waals surface area contributed by atoms with Crippen molar-refractivity contribution in [3.63, 3.8) is 0 Å². The third kappa shape index (κ3) is 4.12. The number of carbonyl (C=O) groups excluding carboxylic acids is 1. The van der Waals surface area contributed by atoms with E-state index in [9.17, 15) is 4.79 Å². The molecule has 0 aromatic heterocycles. The summed E-state index contributed by atoms with van der Waals surface area (Å²) >= 11 is 6.25. The van der Waals surface area contributed by atoms with Gasteiger partial charge in [0.15, 0.2) is 23.0 Å². The summed E-state index contributed by atoms with van der Waals surface area (Å²) in [6.45, 7) is 4.16. The zero-order valence-corrected chi connectivity index (χ0v) is 16.4. The van der Waals surface area contributed by atoms with E-state index in [4.69, 9.17) is 30.5 Å². The van der Waals surface area contributed by atoms with Gasteiger partial charge in [-0.3, -0.25) is 4.79 Å². The van der Waals surface area contributed by atoms with Crippen molar-refractivity contribution in [2.45, 2.75) is 25.8 Å². The Morgan fingerprint density at radius 1 is 1.00 bits per heavy atom. The van der Waals surface area contributed by atoms with Crippen molar-refractivity contribution in [3.05, 3.63) is 46.5 Å². The minimum atomic E-state index is -0.169. The van der Waals surface area contributed by atoms with Gasteiger partial charge >= 0.3 is 0 Å². The number of fused-ring (bicyclic) bond motifs is 2. The average Bonchev–Trinajstić information content (AvgIpc) is 2.92. The van der Waals surface area contributed by atoms with E-state index in [1.807, 2.05) is 25.1 Å². The first-order valence-electron chi connectivity index (χ1n) is 9.37. The summed E-state index contributed by atoms with van der Waals surface area (Å²) in [6, 6.07) is 9.13. The summed E-state index contributed by atoms with van der Waals surface area (Å²) in [7, 11) is 0. The Balaban J connectivity index is 1.42. The Labute approximate surface area is 168 Å². The van der Waals surface area contributed by atoms with Crippen LogP contribution >= 0.6 is 11.6 Å². The SMILES string of the molecule is C[C@H](NC(=O)Cc1cc(Cl)c2c(c1)OCCO2)c1ccc2c(c1)OCCCO2. The van der Waals surface area contributed by atoms with Gasteiger partial charge in [0.1, 0.15) is 13.2 Å². The molecular formula is C21H22ClNO5. The molecule has 0 saturated carbocycles. The molecule has 1 atom stereocenters. The van der Waals surface area contributed by atoms with Crippen LogP contribution in [0.2, 0.25) is 5.02 Å². The second-order valence-electron chi connectivity index (χ2n) is 6.82. The van der Waals surface area contributed by atoms with Crippen molar-refractivity contribution >= 4 is 17.5 Å². The van der Waals surface area contributed by atoms with Gasteiger partial charge in [0.25, 0.3) is 0 Å². The highest BCUT2D eigenvalue weighted by Gasteiger charge is 2.19. The summed E-state index contributed by atoms with van der Waals surface area (Å²) in [5, 5.41) is 3.47. The maximum Gasteiger partial charge on any atom is 0.224 e. The summed E-state index contributed by atoms with van der Waals surface area (Å²) in [5.74, 6) is 2.47. The van der Waals surface area contributed by atoms with Gasteiger partial charge in [0.05, 0.1) is 30.7 Å². The van der Waals surface area contributed by atoms with Crippen molar-refractivity contribution < 1.29 is 23.7 Å². The first-order chi connectivity index (χ1) is 13.6. The Morgan fingerprint density at radius 2 is 1.75 bits per heavy atom. The molecule has 0 bridgehead atoms. The van der Waals surface area contributed by atoms with Crippen LogP contribution in [0.4, 0.5) is 0 Å². The molecule has 1 N–H and O–H groups in total. The maximum absolute atomic E-state index is 12.5. The second-order valence-corrected chi connectivity index (χ2v) is 7.23. The van der Waals surface area contributed by atoms with Gasteiger partial charge in [-0.05, 0) is 42.3 Å². The quantitative estimate of drug-likeness (QED) is 0.843. The number of hydrogen-bond donors (Lipinski definition) is 1. The van der Waals surface area contributed by atoms with E-state index in [0.29, 0.717) is 42.9 Å². The predicted molar refractivity (Wildman–Crippen MR) is 105 cm³/mol. The standard InChI is InChI=1S/C21H22ClNO5/c1-13(15-3-4-17-18(12-15)26-6-2-5-25-17)23-20(24)11-14-9-16(22)21-19(10-14)27-7-8-28-21/h3-4,9-10,12-13H,2,5-8,11H2,1H3,(H,23,24)/t13-/m0/s1. The van der Waals surface area contributed by atoms with Crippen molar-refractivity contribution in [1.29, 1.82) is 0 Å². The van der Waals surface area contributed by atoms with E-state index in [1.165, 1.54) is 0 Å². The molecule has 0 unspecified atom stereocenters. The van der Waals surface area contributed by atoms with Crippen LogP contribution in [0.25, 0.3) is 0 Å². The molecule has 0 spiro atoms. The van der Waals surface area contributed by atoms with Crippen LogP contribution < -0.4 is 24.3 Å². The Bertz CT molecular complexity index is 885. The molecule has 148 valence electrons. The second kappa shape index (κ2) is 8.19. The van der Waals surface area contributed by atoms with E-state index in [1.54, 1.807) is 12.1 Å². The number of amides is 1. The highest BCUT2D eigenvalue weighted by atomic mass is 35.5. The third-order valence-electron chi connectivity index (χ3n) is 4.67. The lowest BCUT2D eigenvalue weighted by molar-refractivity contribution is -0.121. The fourth-order valence-electron chi connectivity index (χ4n) is 3.28. The molecule has 0 radical (unpaired) electrons. The summed E-state index contributed by atoms with van der Waals surface area (Å²) in [5.41, 5.74) is 1.73. The lowest BCUT2D eigenvalue weighted by atomic mass is 10.1. The largest absolute Gasteiger partial charge is 0.490 e. The van der Waals surface area contributed by atoms with Crippen molar-refractivity contribution in [1.82, 2.24) is 5.32 Å². The van der Waals surface area contributed by atoms with Crippen LogP contribution in [0.1, 0.15) is 30.5 Å². The zero-order valence-electron chi connectivity index (χ0n) is 15.6. The molecule has 2 aliphatic heterocycles. The molecule has 0 saturated heterocycles. The summed E-state index contributed by atoms with van der Waals surface area (Å²) in [6.07, 6.45) is 1.06. The van der Waals surface area contributed by atoms with Crippen LogP contribution in [0.3, 0.4) is 0 Å². The van der Waals surface area contributed by atoms with Crippen LogP contribution in [0.15, 0.2) is 30.3 Å². The van der Waals surface area contributed by atoms with Gasteiger partial charge in [0.2, 0.25) is 5.91 Å². The fourth-order valence-corrected chi connectivity index (χ4v) is 3.56. The number of carbonyl (C=O) groups is 1. The molecule has 2 aromatic carbocycles. The average molecular weight is 404 g/mol. The van der Waals surface area contributed by atoms with Gasteiger partial charge in [-0.1, -0.05) is 17.7 Å². The highest BCUT2D eigenvalue weighted by molar-refractivity contribution is 6.32. The van der Waals surface area contributed by atoms with Crippen LogP contribution in [0, 0.1) is 0 Å². The summed E-state index contributed by atoms with van der Waals surface area (Å²) in [4.78, 5) is 12.5. The topological polar surface area (TPSA) is 66.0 Å².